The molecule has 1 heterocycles. The zero-order chi connectivity index (χ0) is 16.5. The molecule has 1 aromatic carbocycles. The normalized spacial score (nSPS) is 20.1. The van der Waals surface area contributed by atoms with Gasteiger partial charge in [0.2, 0.25) is 0 Å². The first-order chi connectivity index (χ1) is 11.2. The molecule has 23 heavy (non-hydrogen) atoms. The number of methoxy groups -OCH3 is 1. The van der Waals surface area contributed by atoms with Crippen LogP contribution in [0.3, 0.4) is 0 Å². The van der Waals surface area contributed by atoms with Gasteiger partial charge in [-0.1, -0.05) is 70.1 Å². The number of phenols is 1. The minimum atomic E-state index is 0.170. The zero-order valence-corrected chi connectivity index (χ0v) is 14.5. The number of ether oxygens (including phenoxy) is 2. The third kappa shape index (κ3) is 6.26. The van der Waals surface area contributed by atoms with E-state index in [0.717, 1.165) is 5.56 Å². The van der Waals surface area contributed by atoms with Gasteiger partial charge in [0.1, 0.15) is 6.10 Å². The number of aromatic hydroxyl groups is 1. The molecule has 1 fully saturated rings. The van der Waals surface area contributed by atoms with Crippen molar-refractivity contribution < 1.29 is 14.6 Å². The predicted molar refractivity (Wildman–Crippen MR) is 95.0 cm³/mol. The van der Waals surface area contributed by atoms with Crippen molar-refractivity contribution in [2.75, 3.05) is 7.11 Å². The topological polar surface area (TPSA) is 42.0 Å². The molecule has 2 unspecified atom stereocenters. The van der Waals surface area contributed by atoms with Gasteiger partial charge in [0.15, 0.2) is 11.5 Å². The lowest BCUT2D eigenvalue weighted by Crippen LogP contribution is -1.91. The fraction of sp³-hybridized carbons (Fsp3) is 0.600. The molecule has 0 saturated carbocycles. The molecule has 1 saturated heterocycles. The molecule has 0 amide bonds. The lowest BCUT2D eigenvalue weighted by Gasteiger charge is -2.03. The molecule has 0 aliphatic carbocycles. The first-order valence-corrected chi connectivity index (χ1v) is 8.95. The summed E-state index contributed by atoms with van der Waals surface area (Å²) in [6, 6.07) is 5.36. The van der Waals surface area contributed by atoms with Crippen molar-refractivity contribution in [2.24, 2.45) is 0 Å². The lowest BCUT2D eigenvalue weighted by molar-refractivity contribution is 0.372. The van der Waals surface area contributed by atoms with E-state index in [1.807, 2.05) is 18.2 Å². The third-order valence-corrected chi connectivity index (χ3v) is 4.40. The van der Waals surface area contributed by atoms with E-state index in [2.05, 4.69) is 13.0 Å². The Hall–Kier alpha value is -1.48. The molecule has 0 aromatic heterocycles. The molecule has 1 N–H and O–H groups in total. The Morgan fingerprint density at radius 2 is 1.87 bits per heavy atom. The van der Waals surface area contributed by atoms with Gasteiger partial charge in [0.25, 0.3) is 0 Å². The Morgan fingerprint density at radius 3 is 2.61 bits per heavy atom. The van der Waals surface area contributed by atoms with Gasteiger partial charge in [-0.2, -0.15) is 0 Å². The second-order valence-electron chi connectivity index (χ2n) is 6.34. The van der Waals surface area contributed by atoms with E-state index in [9.17, 15) is 5.11 Å². The van der Waals surface area contributed by atoms with E-state index in [0.29, 0.717) is 11.9 Å². The summed E-state index contributed by atoms with van der Waals surface area (Å²) in [6.07, 6.45) is 15.4. The average Bonchev–Trinajstić information content (AvgIpc) is 3.31. The summed E-state index contributed by atoms with van der Waals surface area (Å²) in [4.78, 5) is 0. The average molecular weight is 318 g/mol. The molecule has 3 heteroatoms. The van der Waals surface area contributed by atoms with Crippen molar-refractivity contribution in [1.29, 1.82) is 0 Å². The molecular weight excluding hydrogens is 288 g/mol. The fourth-order valence-electron chi connectivity index (χ4n) is 2.86. The van der Waals surface area contributed by atoms with Crippen molar-refractivity contribution in [1.82, 2.24) is 0 Å². The van der Waals surface area contributed by atoms with Crippen molar-refractivity contribution in [3.05, 3.63) is 29.8 Å². The summed E-state index contributed by atoms with van der Waals surface area (Å²) in [7, 11) is 1.56. The van der Waals surface area contributed by atoms with Crippen LogP contribution >= 0.6 is 0 Å². The first-order valence-electron chi connectivity index (χ1n) is 8.95. The molecule has 1 aliphatic rings. The summed E-state index contributed by atoms with van der Waals surface area (Å²) < 4.78 is 10.8. The summed E-state index contributed by atoms with van der Waals surface area (Å²) in [5.41, 5.74) is 1.02. The minimum absolute atomic E-state index is 0.170. The van der Waals surface area contributed by atoms with Crippen LogP contribution in [0.1, 0.15) is 63.9 Å². The number of benzene rings is 1. The summed E-state index contributed by atoms with van der Waals surface area (Å²) in [6.45, 7) is 2.26. The molecule has 3 nitrogen and oxygen atoms in total. The van der Waals surface area contributed by atoms with Crippen LogP contribution in [0.4, 0.5) is 0 Å². The van der Waals surface area contributed by atoms with E-state index in [-0.39, 0.29) is 11.9 Å². The maximum atomic E-state index is 9.58. The van der Waals surface area contributed by atoms with Crippen molar-refractivity contribution >= 4 is 6.08 Å². The van der Waals surface area contributed by atoms with E-state index in [4.69, 9.17) is 9.47 Å². The quantitative estimate of drug-likeness (QED) is 0.443. The molecule has 1 aromatic rings. The maximum Gasteiger partial charge on any atom is 0.161 e. The standard InChI is InChI=1S/C20H30O3/c1-3-4-5-6-7-8-9-10-18-19(23-18)14-12-16-11-13-17(21)20(15-16)22-2/h11-15,18-19,21H,3-10H2,1-2H3/b14-12+. The van der Waals surface area contributed by atoms with Crippen LogP contribution in [0.15, 0.2) is 24.3 Å². The van der Waals surface area contributed by atoms with Crippen LogP contribution in [0.2, 0.25) is 0 Å². The van der Waals surface area contributed by atoms with E-state index in [1.165, 1.54) is 51.4 Å². The maximum absolute atomic E-state index is 9.58. The SMILES string of the molecule is CCCCCCCCCC1OC1/C=C/c1ccc(O)c(OC)c1. The molecular formula is C20H30O3. The van der Waals surface area contributed by atoms with Crippen LogP contribution in [0.25, 0.3) is 6.08 Å². The highest BCUT2D eigenvalue weighted by molar-refractivity contribution is 5.56. The Morgan fingerprint density at radius 1 is 1.13 bits per heavy atom. The number of hydrogen-bond acceptors (Lipinski definition) is 3. The second-order valence-corrected chi connectivity index (χ2v) is 6.34. The van der Waals surface area contributed by atoms with Crippen LogP contribution in [-0.4, -0.2) is 24.4 Å². The van der Waals surface area contributed by atoms with Crippen molar-refractivity contribution in [3.8, 4) is 11.5 Å². The van der Waals surface area contributed by atoms with Gasteiger partial charge < -0.3 is 14.6 Å². The van der Waals surface area contributed by atoms with Gasteiger partial charge in [-0.15, -0.1) is 0 Å². The van der Waals surface area contributed by atoms with Gasteiger partial charge in [-0.05, 0) is 24.1 Å². The summed E-state index contributed by atoms with van der Waals surface area (Å²) in [5.74, 6) is 0.674. The third-order valence-electron chi connectivity index (χ3n) is 4.40. The number of hydrogen-bond donors (Lipinski definition) is 1. The van der Waals surface area contributed by atoms with Crippen LogP contribution in [0.5, 0.6) is 11.5 Å². The lowest BCUT2D eigenvalue weighted by atomic mass is 10.1. The Bertz CT molecular complexity index is 496. The van der Waals surface area contributed by atoms with Crippen LogP contribution < -0.4 is 4.74 Å². The monoisotopic (exact) mass is 318 g/mol. The highest BCUT2D eigenvalue weighted by Gasteiger charge is 2.35. The van der Waals surface area contributed by atoms with E-state index in [1.54, 1.807) is 13.2 Å². The number of phenolic OH excluding ortho intramolecular Hbond substituents is 1. The Labute approximate surface area is 140 Å². The van der Waals surface area contributed by atoms with Gasteiger partial charge in [0, 0.05) is 0 Å². The van der Waals surface area contributed by atoms with Crippen molar-refractivity contribution in [3.63, 3.8) is 0 Å². The summed E-state index contributed by atoms with van der Waals surface area (Å²) in [5, 5.41) is 9.58. The van der Waals surface area contributed by atoms with E-state index < -0.39 is 0 Å². The fourth-order valence-corrected chi connectivity index (χ4v) is 2.86. The highest BCUT2D eigenvalue weighted by Crippen LogP contribution is 2.31. The molecule has 0 spiro atoms. The van der Waals surface area contributed by atoms with Gasteiger partial charge >= 0.3 is 0 Å². The van der Waals surface area contributed by atoms with Gasteiger partial charge in [-0.3, -0.25) is 0 Å². The number of rotatable bonds is 11. The molecule has 1 aliphatic heterocycles. The van der Waals surface area contributed by atoms with E-state index >= 15 is 0 Å². The van der Waals surface area contributed by atoms with Gasteiger partial charge in [0.05, 0.1) is 13.2 Å². The smallest absolute Gasteiger partial charge is 0.161 e. The summed E-state index contributed by atoms with van der Waals surface area (Å²) >= 11 is 0. The van der Waals surface area contributed by atoms with Gasteiger partial charge in [-0.25, -0.2) is 0 Å². The van der Waals surface area contributed by atoms with Crippen LogP contribution in [0, 0.1) is 0 Å². The largest absolute Gasteiger partial charge is 0.504 e. The Kier molecular flexibility index (Phi) is 7.47. The molecule has 2 atom stereocenters. The number of unbranched alkanes of at least 4 members (excludes halogenated alkanes) is 6. The minimum Gasteiger partial charge on any atom is -0.504 e. The predicted octanol–water partition coefficient (Wildman–Crippen LogP) is 5.32. The highest BCUT2D eigenvalue weighted by atomic mass is 16.6. The Balaban J connectivity index is 1.61. The molecule has 2 rings (SSSR count). The molecule has 128 valence electrons. The molecule has 0 bridgehead atoms. The molecule has 0 radical (unpaired) electrons. The zero-order valence-electron chi connectivity index (χ0n) is 14.5. The van der Waals surface area contributed by atoms with Crippen molar-refractivity contribution in [2.45, 2.75) is 70.5 Å². The first kappa shape index (κ1) is 17.9. The number of epoxide rings is 1. The van der Waals surface area contributed by atoms with Crippen LogP contribution in [-0.2, 0) is 4.74 Å². The second kappa shape index (κ2) is 9.61.